The van der Waals surface area contributed by atoms with Crippen LogP contribution in [0.4, 0.5) is 5.69 Å². The van der Waals surface area contributed by atoms with Gasteiger partial charge in [-0.15, -0.1) is 0 Å². The van der Waals surface area contributed by atoms with Crippen LogP contribution in [0.15, 0.2) is 22.9 Å². The maximum Gasteiger partial charge on any atom is 0.131 e. The van der Waals surface area contributed by atoms with Crippen LogP contribution in [0.2, 0.25) is 5.15 Å². The number of hydrogen-bond donors (Lipinski definition) is 1. The molecule has 2 aromatic rings. The van der Waals surface area contributed by atoms with Crippen LogP contribution in [-0.2, 0) is 13.6 Å². The highest BCUT2D eigenvalue weighted by Crippen LogP contribution is 2.20. The minimum atomic E-state index is 0.636. The largest absolute Gasteiger partial charge is 0.380 e. The number of anilines is 1. The van der Waals surface area contributed by atoms with Gasteiger partial charge in [0.05, 0.1) is 17.6 Å². The molecule has 2 rings (SSSR count). The molecule has 0 atom stereocenters. The van der Waals surface area contributed by atoms with Crippen molar-refractivity contribution in [2.75, 3.05) is 5.32 Å². The monoisotopic (exact) mass is 314 g/mol. The third kappa shape index (κ3) is 2.79. The molecule has 0 saturated carbocycles. The third-order valence-electron chi connectivity index (χ3n) is 2.44. The van der Waals surface area contributed by atoms with Gasteiger partial charge in [-0.25, -0.2) is 0 Å². The predicted molar refractivity (Wildman–Crippen MR) is 72.2 cm³/mol. The molecule has 0 amide bonds. The van der Waals surface area contributed by atoms with Crippen LogP contribution >= 0.6 is 27.5 Å². The second kappa shape index (κ2) is 5.06. The van der Waals surface area contributed by atoms with E-state index in [0.29, 0.717) is 11.7 Å². The van der Waals surface area contributed by atoms with Gasteiger partial charge in [-0.2, -0.15) is 5.10 Å². The van der Waals surface area contributed by atoms with Gasteiger partial charge in [0.1, 0.15) is 5.15 Å². The summed E-state index contributed by atoms with van der Waals surface area (Å²) in [7, 11) is 1.83. The van der Waals surface area contributed by atoms with Crippen molar-refractivity contribution in [2.45, 2.75) is 13.5 Å². The summed E-state index contributed by atoms with van der Waals surface area (Å²) >= 11 is 9.52. The van der Waals surface area contributed by atoms with Crippen molar-refractivity contribution in [1.29, 1.82) is 0 Å². The fourth-order valence-corrected chi connectivity index (χ4v) is 2.18. The highest BCUT2D eigenvalue weighted by Gasteiger charge is 2.10. The van der Waals surface area contributed by atoms with E-state index in [9.17, 15) is 0 Å². The van der Waals surface area contributed by atoms with Crippen LogP contribution in [0.1, 0.15) is 11.3 Å². The lowest BCUT2D eigenvalue weighted by Gasteiger charge is -2.06. The van der Waals surface area contributed by atoms with E-state index < -0.39 is 0 Å². The Kier molecular flexibility index (Phi) is 3.69. The average Bonchev–Trinajstić information content (AvgIpc) is 2.51. The first kappa shape index (κ1) is 12.4. The molecule has 1 N–H and O–H groups in total. The summed E-state index contributed by atoms with van der Waals surface area (Å²) in [6.07, 6.45) is 3.51. The molecule has 0 radical (unpaired) electrons. The molecule has 0 bridgehead atoms. The minimum Gasteiger partial charge on any atom is -0.380 e. The molecule has 0 fully saturated rings. The molecule has 2 aromatic heterocycles. The molecule has 4 nitrogen and oxygen atoms in total. The van der Waals surface area contributed by atoms with Crippen molar-refractivity contribution in [2.24, 2.45) is 7.05 Å². The van der Waals surface area contributed by atoms with Crippen molar-refractivity contribution in [3.05, 3.63) is 39.3 Å². The van der Waals surface area contributed by atoms with Gasteiger partial charge < -0.3 is 5.32 Å². The maximum atomic E-state index is 6.15. The lowest BCUT2D eigenvalue weighted by atomic mass is 10.2. The Morgan fingerprint density at radius 3 is 2.82 bits per heavy atom. The molecule has 0 aliphatic heterocycles. The van der Waals surface area contributed by atoms with Crippen LogP contribution < -0.4 is 5.32 Å². The second-order valence-corrected chi connectivity index (χ2v) is 5.00. The van der Waals surface area contributed by atoms with Crippen molar-refractivity contribution >= 4 is 33.2 Å². The number of pyridine rings is 1. The normalized spacial score (nSPS) is 10.6. The van der Waals surface area contributed by atoms with Crippen LogP contribution in [0.5, 0.6) is 0 Å². The molecular weight excluding hydrogens is 304 g/mol. The molecule has 90 valence electrons. The quantitative estimate of drug-likeness (QED) is 0.946. The smallest absolute Gasteiger partial charge is 0.131 e. The summed E-state index contributed by atoms with van der Waals surface area (Å²) in [5.41, 5.74) is 2.89. The van der Waals surface area contributed by atoms with E-state index in [1.807, 2.05) is 20.0 Å². The topological polar surface area (TPSA) is 42.7 Å². The van der Waals surface area contributed by atoms with E-state index in [2.05, 4.69) is 31.3 Å². The first-order valence-electron chi connectivity index (χ1n) is 5.10. The van der Waals surface area contributed by atoms with E-state index in [4.69, 9.17) is 11.6 Å². The number of halogens is 2. The SMILES string of the molecule is Cc1nn(C)c(Cl)c1CNc1cncc(Br)c1. The van der Waals surface area contributed by atoms with E-state index in [1.54, 1.807) is 17.1 Å². The molecule has 17 heavy (non-hydrogen) atoms. The first-order valence-corrected chi connectivity index (χ1v) is 6.27. The number of rotatable bonds is 3. The lowest BCUT2D eigenvalue weighted by Crippen LogP contribution is -2.01. The zero-order valence-corrected chi connectivity index (χ0v) is 11.9. The zero-order valence-electron chi connectivity index (χ0n) is 9.54. The van der Waals surface area contributed by atoms with Gasteiger partial charge in [0.15, 0.2) is 0 Å². The molecule has 0 aliphatic rings. The number of hydrogen-bond acceptors (Lipinski definition) is 3. The fourth-order valence-electron chi connectivity index (χ4n) is 1.57. The first-order chi connectivity index (χ1) is 8.08. The van der Waals surface area contributed by atoms with Gasteiger partial charge in [0.2, 0.25) is 0 Å². The van der Waals surface area contributed by atoms with E-state index in [-0.39, 0.29) is 0 Å². The van der Waals surface area contributed by atoms with Crippen LogP contribution in [0.3, 0.4) is 0 Å². The Labute approximate surface area is 113 Å². The molecule has 0 aromatic carbocycles. The zero-order chi connectivity index (χ0) is 12.4. The Balaban J connectivity index is 2.12. The molecule has 6 heteroatoms. The van der Waals surface area contributed by atoms with Gasteiger partial charge in [0.25, 0.3) is 0 Å². The van der Waals surface area contributed by atoms with Gasteiger partial charge in [0, 0.05) is 29.8 Å². The molecule has 0 saturated heterocycles. The van der Waals surface area contributed by atoms with Crippen molar-refractivity contribution in [3.63, 3.8) is 0 Å². The second-order valence-electron chi connectivity index (χ2n) is 3.72. The third-order valence-corrected chi connectivity index (χ3v) is 3.35. The summed E-state index contributed by atoms with van der Waals surface area (Å²) in [4.78, 5) is 4.08. The molecular formula is C11H12BrClN4. The summed E-state index contributed by atoms with van der Waals surface area (Å²) in [6.45, 7) is 2.58. The van der Waals surface area contributed by atoms with Crippen LogP contribution in [-0.4, -0.2) is 14.8 Å². The van der Waals surface area contributed by atoms with Crippen LogP contribution in [0.25, 0.3) is 0 Å². The van der Waals surface area contributed by atoms with Crippen molar-refractivity contribution < 1.29 is 0 Å². The van der Waals surface area contributed by atoms with E-state index in [1.165, 1.54) is 0 Å². The summed E-state index contributed by atoms with van der Waals surface area (Å²) in [5, 5.41) is 8.19. The Hall–Kier alpha value is -1.07. The summed E-state index contributed by atoms with van der Waals surface area (Å²) in [5.74, 6) is 0. The standard InChI is InChI=1S/C11H12BrClN4/c1-7-10(11(13)17(2)16-7)6-15-9-3-8(12)4-14-5-9/h3-5,15H,6H2,1-2H3. The van der Waals surface area contributed by atoms with Crippen molar-refractivity contribution in [3.8, 4) is 0 Å². The molecule has 2 heterocycles. The maximum absolute atomic E-state index is 6.15. The minimum absolute atomic E-state index is 0.636. The number of aromatic nitrogens is 3. The molecule has 0 unspecified atom stereocenters. The lowest BCUT2D eigenvalue weighted by molar-refractivity contribution is 0.757. The summed E-state index contributed by atoms with van der Waals surface area (Å²) in [6, 6.07) is 1.96. The van der Waals surface area contributed by atoms with E-state index in [0.717, 1.165) is 21.4 Å². The highest BCUT2D eigenvalue weighted by atomic mass is 79.9. The Morgan fingerprint density at radius 1 is 1.47 bits per heavy atom. The number of nitrogens with one attached hydrogen (secondary N) is 1. The average molecular weight is 316 g/mol. The molecule has 0 spiro atoms. The predicted octanol–water partition coefficient (Wildman–Crippen LogP) is 3.15. The Morgan fingerprint density at radius 2 is 2.24 bits per heavy atom. The Bertz CT molecular complexity index is 538. The summed E-state index contributed by atoms with van der Waals surface area (Å²) < 4.78 is 2.61. The highest BCUT2D eigenvalue weighted by molar-refractivity contribution is 9.10. The van der Waals surface area contributed by atoms with Gasteiger partial charge in [-0.1, -0.05) is 11.6 Å². The van der Waals surface area contributed by atoms with Gasteiger partial charge in [-0.3, -0.25) is 9.67 Å². The van der Waals surface area contributed by atoms with Gasteiger partial charge >= 0.3 is 0 Å². The number of aryl methyl sites for hydroxylation is 2. The fraction of sp³-hybridized carbons (Fsp3) is 0.273. The molecule has 0 aliphatic carbocycles. The van der Waals surface area contributed by atoms with E-state index >= 15 is 0 Å². The van der Waals surface area contributed by atoms with Crippen LogP contribution in [0, 0.1) is 6.92 Å². The number of nitrogens with zero attached hydrogens (tertiary/aromatic N) is 3. The van der Waals surface area contributed by atoms with Crippen molar-refractivity contribution in [1.82, 2.24) is 14.8 Å². The van der Waals surface area contributed by atoms with Gasteiger partial charge in [-0.05, 0) is 28.9 Å².